The fraction of sp³-hybridized carbons (Fsp3) is 0.320. The van der Waals surface area contributed by atoms with Gasteiger partial charge in [-0.05, 0) is 36.6 Å². The molecule has 1 heterocycles. The van der Waals surface area contributed by atoms with Gasteiger partial charge in [0.15, 0.2) is 5.69 Å². The molecule has 0 atom stereocenters. The van der Waals surface area contributed by atoms with Gasteiger partial charge in [0.25, 0.3) is 5.56 Å². The van der Waals surface area contributed by atoms with Crippen molar-refractivity contribution in [2.75, 3.05) is 0 Å². The number of benzene rings is 2. The van der Waals surface area contributed by atoms with E-state index in [0.717, 1.165) is 11.6 Å². The van der Waals surface area contributed by atoms with Crippen LogP contribution in [0.15, 0.2) is 47.3 Å². The van der Waals surface area contributed by atoms with Crippen molar-refractivity contribution in [3.8, 4) is 11.4 Å². The van der Waals surface area contributed by atoms with Crippen LogP contribution in [0.25, 0.3) is 11.4 Å². The molecule has 1 saturated carbocycles. The molecule has 0 bridgehead atoms. The van der Waals surface area contributed by atoms with Crippen LogP contribution in [0.2, 0.25) is 5.02 Å². The van der Waals surface area contributed by atoms with Crippen LogP contribution < -0.4 is 10.9 Å². The second kappa shape index (κ2) is 11.0. The van der Waals surface area contributed by atoms with E-state index in [1.165, 1.54) is 0 Å². The molecule has 4 rings (SSSR count). The molecule has 208 valence electrons. The largest absolute Gasteiger partial charge is 0.433 e. The van der Waals surface area contributed by atoms with Crippen molar-refractivity contribution in [2.24, 2.45) is 5.92 Å². The maximum Gasteiger partial charge on any atom is 0.433 e. The van der Waals surface area contributed by atoms with E-state index in [4.69, 9.17) is 16.3 Å². The molecule has 3 aromatic rings. The standard InChI is InChI=1S/C25H19ClF7N3O3/c26-15-4-1-12(2-5-15)11-39-16-7-14(8-16)23(38)34-10-13-3-6-17(24(28,29)30)20(21(13)27)22-35-18(25(31,32)33)9-19(37)36-22/h1-6,9,14,16H,7-8,10-11H2,(H,34,38)(H,35,36,37)/t14-,16+. The summed E-state index contributed by atoms with van der Waals surface area (Å²) >= 11 is 5.83. The Morgan fingerprint density at radius 2 is 1.72 bits per heavy atom. The minimum Gasteiger partial charge on any atom is -0.373 e. The summed E-state index contributed by atoms with van der Waals surface area (Å²) in [5, 5.41) is 3.00. The van der Waals surface area contributed by atoms with E-state index in [2.05, 4.69) is 10.3 Å². The van der Waals surface area contributed by atoms with Crippen LogP contribution in [0.4, 0.5) is 30.7 Å². The molecule has 0 saturated heterocycles. The maximum absolute atomic E-state index is 15.3. The average Bonchev–Trinajstić information content (AvgIpc) is 2.81. The molecule has 1 aromatic heterocycles. The predicted octanol–water partition coefficient (Wildman–Crippen LogP) is 5.88. The van der Waals surface area contributed by atoms with Crippen LogP contribution >= 0.6 is 11.6 Å². The lowest BCUT2D eigenvalue weighted by Crippen LogP contribution is -2.42. The number of nitrogens with one attached hydrogen (secondary N) is 2. The minimum absolute atomic E-state index is 0.0454. The molecular formula is C25H19ClF7N3O3. The molecule has 39 heavy (non-hydrogen) atoms. The SMILES string of the molecule is O=c1cc(C(F)(F)F)nc(-c2c(C(F)(F)F)ccc(CNC(=O)[C@H]3C[C@@H](OCc4ccc(Cl)cc4)C3)c2F)[nH]1. The zero-order valence-electron chi connectivity index (χ0n) is 19.7. The third-order valence-electron chi connectivity index (χ3n) is 6.11. The number of nitrogens with zero attached hydrogens (tertiary/aromatic N) is 1. The van der Waals surface area contributed by atoms with Crippen molar-refractivity contribution in [1.82, 2.24) is 15.3 Å². The number of hydrogen-bond donors (Lipinski definition) is 2. The molecule has 1 aliphatic carbocycles. The summed E-state index contributed by atoms with van der Waals surface area (Å²) < 4.78 is 101. The van der Waals surface area contributed by atoms with Crippen molar-refractivity contribution in [2.45, 2.75) is 44.4 Å². The van der Waals surface area contributed by atoms with E-state index in [-0.39, 0.29) is 12.2 Å². The first-order chi connectivity index (χ1) is 18.2. The summed E-state index contributed by atoms with van der Waals surface area (Å²) in [7, 11) is 0. The number of alkyl halides is 6. The Bertz CT molecular complexity index is 1420. The number of amides is 1. The van der Waals surface area contributed by atoms with Gasteiger partial charge >= 0.3 is 12.4 Å². The Hall–Kier alpha value is -3.45. The van der Waals surface area contributed by atoms with Gasteiger partial charge in [-0.15, -0.1) is 0 Å². The van der Waals surface area contributed by atoms with Gasteiger partial charge in [-0.1, -0.05) is 29.8 Å². The highest BCUT2D eigenvalue weighted by atomic mass is 35.5. The third-order valence-corrected chi connectivity index (χ3v) is 6.37. The molecular weight excluding hydrogens is 559 g/mol. The van der Waals surface area contributed by atoms with Crippen LogP contribution in [-0.4, -0.2) is 22.0 Å². The normalized spacial score (nSPS) is 17.5. The smallest absolute Gasteiger partial charge is 0.373 e. The van der Waals surface area contributed by atoms with Gasteiger partial charge in [-0.3, -0.25) is 9.59 Å². The van der Waals surface area contributed by atoms with Crippen molar-refractivity contribution in [3.05, 3.63) is 86.0 Å². The number of aromatic nitrogens is 2. The quantitative estimate of drug-likeness (QED) is 0.344. The van der Waals surface area contributed by atoms with Gasteiger partial charge in [0.05, 0.1) is 23.8 Å². The van der Waals surface area contributed by atoms with E-state index in [1.807, 2.05) is 0 Å². The van der Waals surface area contributed by atoms with Crippen molar-refractivity contribution in [3.63, 3.8) is 0 Å². The lowest BCUT2D eigenvalue weighted by molar-refractivity contribution is -0.141. The van der Waals surface area contributed by atoms with Crippen LogP contribution in [-0.2, 0) is 35.0 Å². The predicted molar refractivity (Wildman–Crippen MR) is 125 cm³/mol. The number of hydrogen-bond acceptors (Lipinski definition) is 4. The molecule has 6 nitrogen and oxygen atoms in total. The molecule has 1 fully saturated rings. The van der Waals surface area contributed by atoms with Crippen LogP contribution in [0.1, 0.15) is 35.2 Å². The maximum atomic E-state index is 15.3. The van der Waals surface area contributed by atoms with E-state index < -0.39 is 70.3 Å². The van der Waals surface area contributed by atoms with Crippen LogP contribution in [0.5, 0.6) is 0 Å². The van der Waals surface area contributed by atoms with Crippen molar-refractivity contribution < 1.29 is 40.3 Å². The summed E-state index contributed by atoms with van der Waals surface area (Å²) in [6.45, 7) is -0.243. The van der Waals surface area contributed by atoms with E-state index in [9.17, 15) is 35.9 Å². The Morgan fingerprint density at radius 3 is 2.33 bits per heavy atom. The van der Waals surface area contributed by atoms with Crippen molar-refractivity contribution >= 4 is 17.5 Å². The highest BCUT2D eigenvalue weighted by molar-refractivity contribution is 6.30. The molecule has 0 spiro atoms. The molecule has 0 unspecified atom stereocenters. The Morgan fingerprint density at radius 1 is 1.05 bits per heavy atom. The van der Waals surface area contributed by atoms with Gasteiger partial charge in [-0.2, -0.15) is 26.3 Å². The molecule has 2 N–H and O–H groups in total. The number of carbonyl (C=O) groups excluding carboxylic acids is 1. The van der Waals surface area contributed by atoms with Gasteiger partial charge in [0, 0.05) is 29.1 Å². The highest BCUT2D eigenvalue weighted by Crippen LogP contribution is 2.39. The highest BCUT2D eigenvalue weighted by Gasteiger charge is 2.39. The van der Waals surface area contributed by atoms with E-state index >= 15 is 4.39 Å². The first-order valence-corrected chi connectivity index (χ1v) is 11.8. The molecule has 0 radical (unpaired) electrons. The Kier molecular flexibility index (Phi) is 8.03. The van der Waals surface area contributed by atoms with Crippen LogP contribution in [0, 0.1) is 11.7 Å². The summed E-state index contributed by atoms with van der Waals surface area (Å²) in [4.78, 5) is 28.9. The lowest BCUT2D eigenvalue weighted by Gasteiger charge is -2.34. The minimum atomic E-state index is -5.18. The second-order valence-electron chi connectivity index (χ2n) is 8.88. The number of ether oxygens (including phenoxy) is 1. The van der Waals surface area contributed by atoms with E-state index in [0.29, 0.717) is 30.5 Å². The monoisotopic (exact) mass is 577 g/mol. The third kappa shape index (κ3) is 6.77. The van der Waals surface area contributed by atoms with Crippen LogP contribution in [0.3, 0.4) is 0 Å². The van der Waals surface area contributed by atoms with Gasteiger partial charge in [-0.25, -0.2) is 9.37 Å². The first-order valence-electron chi connectivity index (χ1n) is 11.4. The van der Waals surface area contributed by atoms with Crippen molar-refractivity contribution in [1.29, 1.82) is 0 Å². The first kappa shape index (κ1) is 28.6. The summed E-state index contributed by atoms with van der Waals surface area (Å²) in [6.07, 6.45) is -9.81. The number of rotatable bonds is 7. The van der Waals surface area contributed by atoms with Gasteiger partial charge in [0.2, 0.25) is 5.91 Å². The zero-order chi connectivity index (χ0) is 28.5. The van der Waals surface area contributed by atoms with Gasteiger partial charge < -0.3 is 15.0 Å². The number of halogens is 8. The second-order valence-corrected chi connectivity index (χ2v) is 9.32. The number of H-pyrrole nitrogens is 1. The summed E-state index contributed by atoms with van der Waals surface area (Å²) in [5.41, 5.74) is -5.77. The molecule has 1 aliphatic rings. The molecule has 2 aromatic carbocycles. The van der Waals surface area contributed by atoms with E-state index in [1.54, 1.807) is 29.2 Å². The average molecular weight is 578 g/mol. The molecule has 14 heteroatoms. The topological polar surface area (TPSA) is 84.1 Å². The molecule has 0 aliphatic heterocycles. The lowest BCUT2D eigenvalue weighted by atomic mass is 9.81. The number of carbonyl (C=O) groups is 1. The fourth-order valence-electron chi connectivity index (χ4n) is 3.98. The molecule has 1 amide bonds. The zero-order valence-corrected chi connectivity index (χ0v) is 20.5. The fourth-order valence-corrected chi connectivity index (χ4v) is 4.11. The number of aromatic amines is 1. The van der Waals surface area contributed by atoms with Gasteiger partial charge in [0.1, 0.15) is 11.6 Å². The Balaban J connectivity index is 1.46. The Labute approximate surface area is 221 Å². The summed E-state index contributed by atoms with van der Waals surface area (Å²) in [6, 6.07) is 8.26. The summed E-state index contributed by atoms with van der Waals surface area (Å²) in [5.74, 6) is -3.79.